The van der Waals surface area contributed by atoms with Crippen LogP contribution >= 0.6 is 0 Å². The summed E-state index contributed by atoms with van der Waals surface area (Å²) in [6.45, 7) is 0. The molecule has 0 radical (unpaired) electrons. The molecule has 0 saturated carbocycles. The monoisotopic (exact) mass is 600 g/mol. The molecule has 3 nitrogen and oxygen atoms in total. The summed E-state index contributed by atoms with van der Waals surface area (Å²) in [6.07, 6.45) is -21.9. The molecule has 0 saturated heterocycles. The molecule has 0 unspecified atom stereocenters. The van der Waals surface area contributed by atoms with Gasteiger partial charge in [-0.15, -0.1) is 39.5 Å². The van der Waals surface area contributed by atoms with Gasteiger partial charge in [-0.1, -0.05) is 0 Å². The second-order valence-corrected chi connectivity index (χ2v) is 8.22. The van der Waals surface area contributed by atoms with E-state index in [1.807, 2.05) is 0 Å². The van der Waals surface area contributed by atoms with Crippen LogP contribution in [0.15, 0.2) is 0 Å². The molecule has 1 aromatic rings. The Morgan fingerprint density at radius 1 is 0.417 bits per heavy atom. The molecule has 0 N–H and O–H groups in total. The van der Waals surface area contributed by atoms with Gasteiger partial charge in [-0.3, -0.25) is 13.3 Å². The number of benzene rings is 1. The summed E-state index contributed by atoms with van der Waals surface area (Å²) in [5.41, 5.74) is -12.7. The van der Waals surface area contributed by atoms with Crippen LogP contribution in [-0.4, -0.2) is 39.4 Å². The lowest BCUT2D eigenvalue weighted by atomic mass is 10.00. The van der Waals surface area contributed by atoms with Crippen LogP contribution < -0.4 is 0 Å². The number of alkyl halides is 15. The average molecular weight is 600 g/mol. The molecule has 0 aromatic heterocycles. The van der Waals surface area contributed by atoms with E-state index in [-0.39, 0.29) is 0 Å². The van der Waals surface area contributed by atoms with Crippen LogP contribution in [-0.2, 0) is 19.2 Å². The van der Waals surface area contributed by atoms with Crippen LogP contribution in [0.25, 0.3) is 0 Å². The van der Waals surface area contributed by atoms with Crippen molar-refractivity contribution in [2.45, 2.75) is 36.5 Å². The molecule has 0 amide bonds. The molecule has 0 heterocycles. The molecule has 0 spiro atoms. The quantitative estimate of drug-likeness (QED) is 0.149. The van der Waals surface area contributed by atoms with E-state index in [0.29, 0.717) is 0 Å². The van der Waals surface area contributed by atoms with Gasteiger partial charge in [0.2, 0.25) is 5.82 Å². The fraction of sp³-hybridized carbons (Fsp3) is 0.500. The summed E-state index contributed by atoms with van der Waals surface area (Å²) in [6, 6.07) is 0. The third kappa shape index (κ3) is 5.74. The first-order valence-corrected chi connectivity index (χ1v) is 9.23. The Labute approximate surface area is 182 Å². The van der Waals surface area contributed by atoms with Gasteiger partial charge < -0.3 is 0 Å². The predicted octanol–water partition coefficient (Wildman–Crippen LogP) is 6.83. The topological polar surface area (TPSA) is 27.7 Å². The summed E-state index contributed by atoms with van der Waals surface area (Å²) in [5.74, 6) is -34.9. The van der Waals surface area contributed by atoms with E-state index >= 15 is 0 Å². The lowest BCUT2D eigenvalue weighted by Crippen LogP contribution is -2.74. The van der Waals surface area contributed by atoms with Gasteiger partial charge in [0.25, 0.3) is 0 Å². The smallest absolute Gasteiger partial charge is 0.280 e. The fourth-order valence-corrected chi connectivity index (χ4v) is 4.10. The van der Waals surface area contributed by atoms with Crippen molar-refractivity contribution < 1.29 is 101 Å². The zero-order chi connectivity index (χ0) is 29.1. The van der Waals surface area contributed by atoms with Gasteiger partial charge in [0.1, 0.15) is 5.56 Å². The Bertz CT molecular complexity index is 908. The maximum atomic E-state index is 14.3. The second kappa shape index (κ2) is 9.04. The minimum Gasteiger partial charge on any atom is -0.280 e. The summed E-state index contributed by atoms with van der Waals surface area (Å²) < 4.78 is 268. The fourth-order valence-electron chi connectivity index (χ4n) is 2.14. The Kier molecular flexibility index (Phi) is 8.02. The van der Waals surface area contributed by atoms with Gasteiger partial charge in [0.05, 0.1) is 0 Å². The molecule has 0 fully saturated rings. The molecule has 0 aliphatic rings. The zero-order valence-electron chi connectivity index (χ0n) is 15.3. The van der Waals surface area contributed by atoms with Crippen LogP contribution in [0.4, 0.5) is 87.8 Å². The molecular formula is C12F20O3Si. The average Bonchev–Trinajstić information content (AvgIpc) is 2.59. The van der Waals surface area contributed by atoms with Gasteiger partial charge in [-0.05, 0) is 0 Å². The van der Waals surface area contributed by atoms with Gasteiger partial charge in [0, 0.05) is 0 Å². The third-order valence-electron chi connectivity index (χ3n) is 3.45. The van der Waals surface area contributed by atoms with Crippen molar-refractivity contribution in [1.29, 1.82) is 0 Å². The number of rotatable bonds is 7. The molecule has 0 atom stereocenters. The number of hydrogen-bond donors (Lipinski definition) is 0. The van der Waals surface area contributed by atoms with Crippen LogP contribution in [0.5, 0.6) is 0 Å². The highest BCUT2D eigenvalue weighted by Gasteiger charge is 2.89. The third-order valence-corrected chi connectivity index (χ3v) is 6.03. The van der Waals surface area contributed by atoms with Crippen molar-refractivity contribution in [3.05, 3.63) is 34.6 Å². The summed E-state index contributed by atoms with van der Waals surface area (Å²) in [5, 5.41) is 0. The normalized spacial score (nSPS) is 15.0. The number of halogens is 20. The van der Waals surface area contributed by atoms with E-state index in [0.717, 1.165) is 0 Å². The minimum absolute atomic E-state index is 1.68. The first-order chi connectivity index (χ1) is 15.5. The van der Waals surface area contributed by atoms with Crippen molar-refractivity contribution >= 4 is 8.80 Å². The lowest BCUT2D eigenvalue weighted by Gasteiger charge is -2.41. The minimum atomic E-state index is -9.83. The predicted molar refractivity (Wildman–Crippen MR) is 67.2 cm³/mol. The highest BCUT2D eigenvalue weighted by atomic mass is 28.4. The van der Waals surface area contributed by atoms with Crippen LogP contribution in [0.1, 0.15) is 5.56 Å². The Balaban J connectivity index is 4.11. The molecule has 0 bridgehead atoms. The molecule has 0 aliphatic carbocycles. The summed E-state index contributed by atoms with van der Waals surface area (Å²) >= 11 is 0. The van der Waals surface area contributed by atoms with E-state index in [4.69, 9.17) is 0 Å². The molecule has 36 heavy (non-hydrogen) atoms. The van der Waals surface area contributed by atoms with Crippen LogP contribution in [0.3, 0.4) is 0 Å². The molecule has 210 valence electrons. The van der Waals surface area contributed by atoms with Gasteiger partial charge in [0.15, 0.2) is 23.3 Å². The Morgan fingerprint density at radius 3 is 0.917 bits per heavy atom. The highest BCUT2D eigenvalue weighted by molar-refractivity contribution is 6.64. The number of hydrogen-bond acceptors (Lipinski definition) is 3. The second-order valence-electron chi connectivity index (χ2n) is 5.87. The summed E-state index contributed by atoms with van der Waals surface area (Å²) in [4.78, 5) is 0. The van der Waals surface area contributed by atoms with Gasteiger partial charge in [-0.25, -0.2) is 22.0 Å². The molecule has 1 rings (SSSR count). The van der Waals surface area contributed by atoms with Crippen molar-refractivity contribution in [2.24, 2.45) is 0 Å². The van der Waals surface area contributed by atoms with E-state index in [1.165, 1.54) is 0 Å². The molecule has 1 aromatic carbocycles. The van der Waals surface area contributed by atoms with Gasteiger partial charge >= 0.3 is 45.3 Å². The lowest BCUT2D eigenvalue weighted by molar-refractivity contribution is -0.394. The van der Waals surface area contributed by atoms with E-state index in [1.54, 1.807) is 13.3 Å². The molecule has 24 heteroatoms. The van der Waals surface area contributed by atoms with Crippen molar-refractivity contribution in [3.8, 4) is 0 Å². The first kappa shape index (κ1) is 31.9. The molecule has 0 aliphatic heterocycles. The maximum Gasteiger partial charge on any atom is 0.601 e. The summed E-state index contributed by atoms with van der Waals surface area (Å²) in [7, 11) is -9.83. The largest absolute Gasteiger partial charge is 0.601 e. The SMILES string of the molecule is Fc1c(F)c(F)c(C(F)(F)C(F)(F)C(F)(F)[Si](OC(F)(F)F)(OC(F)(F)F)OC(F)(F)F)c(F)c1F. The Morgan fingerprint density at radius 2 is 0.667 bits per heavy atom. The van der Waals surface area contributed by atoms with Crippen molar-refractivity contribution in [2.75, 3.05) is 0 Å². The van der Waals surface area contributed by atoms with E-state index in [9.17, 15) is 87.8 Å². The van der Waals surface area contributed by atoms with E-state index < -0.39 is 79.9 Å². The van der Waals surface area contributed by atoms with Crippen LogP contribution in [0.2, 0.25) is 0 Å². The van der Waals surface area contributed by atoms with Gasteiger partial charge in [-0.2, -0.15) is 26.3 Å². The maximum absolute atomic E-state index is 14.3. The zero-order valence-corrected chi connectivity index (χ0v) is 16.3. The highest BCUT2D eigenvalue weighted by Crippen LogP contribution is 2.58. The van der Waals surface area contributed by atoms with Crippen LogP contribution in [0, 0.1) is 29.1 Å². The van der Waals surface area contributed by atoms with Crippen molar-refractivity contribution in [1.82, 2.24) is 0 Å². The molecular weight excluding hydrogens is 600 g/mol. The first-order valence-electron chi connectivity index (χ1n) is 7.50. The van der Waals surface area contributed by atoms with E-state index in [2.05, 4.69) is 0 Å². The Hall–Kier alpha value is -2.08. The van der Waals surface area contributed by atoms with Crippen molar-refractivity contribution in [3.63, 3.8) is 0 Å². The standard InChI is InChI=1S/C12F20O3Si/c13-2-1(3(14)5(16)6(17)4(2)15)7(18,19)8(20,21)9(22,23)36(33-10(24,25)26,34-11(27,28)29)35-12(30,31)32.